The summed E-state index contributed by atoms with van der Waals surface area (Å²) >= 11 is 5.96. The van der Waals surface area contributed by atoms with Gasteiger partial charge < -0.3 is 15.0 Å². The van der Waals surface area contributed by atoms with Crippen molar-refractivity contribution in [2.45, 2.75) is 26.3 Å². The van der Waals surface area contributed by atoms with E-state index in [-0.39, 0.29) is 30.2 Å². The van der Waals surface area contributed by atoms with Crippen LogP contribution in [0.25, 0.3) is 0 Å². The first-order valence-corrected chi connectivity index (χ1v) is 7.65. The minimum Gasteiger partial charge on any atom is -0.383 e. The molecule has 120 valence electrons. The number of hydrogen-bond acceptors (Lipinski definition) is 3. The molecule has 2 atom stereocenters. The number of likely N-dealkylation sites (tertiary alicyclic amines) is 1. The highest BCUT2D eigenvalue weighted by molar-refractivity contribution is 6.31. The van der Waals surface area contributed by atoms with Crippen LogP contribution in [0.4, 0.5) is 5.69 Å². The number of nitrogens with zero attached hydrogens (tertiary/aromatic N) is 1. The second-order valence-corrected chi connectivity index (χ2v) is 6.14. The number of methoxy groups -OCH3 is 1. The van der Waals surface area contributed by atoms with Gasteiger partial charge in [0.05, 0.1) is 18.6 Å². The number of amides is 2. The number of nitrogens with one attached hydrogen (secondary N) is 1. The average Bonchev–Trinajstić information content (AvgIpc) is 2.85. The molecule has 1 fully saturated rings. The summed E-state index contributed by atoms with van der Waals surface area (Å²) in [6.07, 6.45) is 0.236. The number of carbonyl (C=O) groups excluding carboxylic acids is 2. The van der Waals surface area contributed by atoms with E-state index in [0.717, 1.165) is 5.56 Å². The molecule has 2 amide bonds. The van der Waals surface area contributed by atoms with Gasteiger partial charge in [-0.15, -0.1) is 0 Å². The molecule has 0 aromatic heterocycles. The highest BCUT2D eigenvalue weighted by Crippen LogP contribution is 2.24. The smallest absolute Gasteiger partial charge is 0.229 e. The number of aryl methyl sites for hydroxylation is 1. The van der Waals surface area contributed by atoms with E-state index < -0.39 is 0 Å². The third-order valence-corrected chi connectivity index (χ3v) is 4.16. The maximum absolute atomic E-state index is 12.4. The molecule has 1 heterocycles. The van der Waals surface area contributed by atoms with Crippen LogP contribution in [0.5, 0.6) is 0 Å². The lowest BCUT2D eigenvalue weighted by molar-refractivity contribution is -0.130. The van der Waals surface area contributed by atoms with Crippen molar-refractivity contribution in [1.29, 1.82) is 0 Å². The molecule has 0 radical (unpaired) electrons. The summed E-state index contributed by atoms with van der Waals surface area (Å²) in [5, 5.41) is 3.44. The number of ether oxygens (including phenoxy) is 1. The zero-order chi connectivity index (χ0) is 16.3. The van der Waals surface area contributed by atoms with E-state index in [1.54, 1.807) is 24.1 Å². The number of benzene rings is 1. The Balaban J connectivity index is 2.02. The van der Waals surface area contributed by atoms with Crippen LogP contribution in [0.15, 0.2) is 18.2 Å². The molecule has 1 N–H and O–H groups in total. The Morgan fingerprint density at radius 1 is 1.55 bits per heavy atom. The van der Waals surface area contributed by atoms with Gasteiger partial charge in [-0.2, -0.15) is 0 Å². The molecule has 6 heteroatoms. The number of hydrogen-bond donors (Lipinski definition) is 1. The largest absolute Gasteiger partial charge is 0.383 e. The third kappa shape index (κ3) is 3.78. The minimum absolute atomic E-state index is 0.00693. The van der Waals surface area contributed by atoms with Crippen molar-refractivity contribution >= 4 is 29.1 Å². The number of carbonyl (C=O) groups is 2. The molecule has 0 bridgehead atoms. The van der Waals surface area contributed by atoms with Gasteiger partial charge in [0.2, 0.25) is 11.8 Å². The molecule has 1 aromatic rings. The fraction of sp³-hybridized carbons (Fsp3) is 0.500. The maximum atomic E-state index is 12.4. The molecule has 1 aliphatic heterocycles. The molecule has 0 saturated carbocycles. The zero-order valence-corrected chi connectivity index (χ0v) is 13.8. The molecule has 0 spiro atoms. The van der Waals surface area contributed by atoms with E-state index in [2.05, 4.69) is 5.32 Å². The van der Waals surface area contributed by atoms with Crippen LogP contribution in [-0.4, -0.2) is 43.0 Å². The summed E-state index contributed by atoms with van der Waals surface area (Å²) < 4.78 is 5.08. The first-order chi connectivity index (χ1) is 10.4. The van der Waals surface area contributed by atoms with E-state index in [4.69, 9.17) is 16.3 Å². The van der Waals surface area contributed by atoms with Gasteiger partial charge >= 0.3 is 0 Å². The molecule has 22 heavy (non-hydrogen) atoms. The highest BCUT2D eigenvalue weighted by atomic mass is 35.5. The fourth-order valence-corrected chi connectivity index (χ4v) is 2.80. The van der Waals surface area contributed by atoms with Crippen molar-refractivity contribution < 1.29 is 14.3 Å². The Kier molecular flexibility index (Phi) is 5.42. The lowest BCUT2D eigenvalue weighted by Gasteiger charge is -2.24. The standard InChI is InChI=1S/C16H21ClN2O3/c1-10-4-5-13(17)7-14(10)18-16(21)12-6-15(20)19(8-12)11(2)9-22-3/h4-5,7,11-12H,6,8-9H2,1-3H3,(H,18,21)/t11-,12+/m1/s1. The van der Waals surface area contributed by atoms with Crippen molar-refractivity contribution in [3.63, 3.8) is 0 Å². The number of anilines is 1. The summed E-state index contributed by atoms with van der Waals surface area (Å²) in [5.41, 5.74) is 1.63. The molecule has 0 aliphatic carbocycles. The van der Waals surface area contributed by atoms with E-state index in [1.807, 2.05) is 19.9 Å². The van der Waals surface area contributed by atoms with Gasteiger partial charge in [-0.05, 0) is 31.5 Å². The van der Waals surface area contributed by atoms with Gasteiger partial charge in [0.25, 0.3) is 0 Å². The highest BCUT2D eigenvalue weighted by Gasteiger charge is 2.36. The van der Waals surface area contributed by atoms with Crippen molar-refractivity contribution in [1.82, 2.24) is 4.90 Å². The van der Waals surface area contributed by atoms with E-state index in [0.29, 0.717) is 23.9 Å². The van der Waals surface area contributed by atoms with Crippen LogP contribution in [-0.2, 0) is 14.3 Å². The van der Waals surface area contributed by atoms with Crippen molar-refractivity contribution in [2.24, 2.45) is 5.92 Å². The van der Waals surface area contributed by atoms with Gasteiger partial charge in [0.15, 0.2) is 0 Å². The van der Waals surface area contributed by atoms with Gasteiger partial charge in [-0.1, -0.05) is 17.7 Å². The first-order valence-electron chi connectivity index (χ1n) is 7.27. The molecule has 1 aliphatic rings. The van der Waals surface area contributed by atoms with Crippen LogP contribution in [0.1, 0.15) is 18.9 Å². The predicted octanol–water partition coefficient (Wildman–Crippen LogP) is 2.47. The summed E-state index contributed by atoms with van der Waals surface area (Å²) in [5.74, 6) is -0.497. The summed E-state index contributed by atoms with van der Waals surface area (Å²) in [6, 6.07) is 5.32. The molecule has 5 nitrogen and oxygen atoms in total. The zero-order valence-electron chi connectivity index (χ0n) is 13.1. The number of halogens is 1. The Morgan fingerprint density at radius 2 is 2.27 bits per heavy atom. The van der Waals surface area contributed by atoms with Crippen molar-refractivity contribution in [3.05, 3.63) is 28.8 Å². The quantitative estimate of drug-likeness (QED) is 0.905. The molecular formula is C16H21ClN2O3. The Morgan fingerprint density at radius 3 is 2.95 bits per heavy atom. The van der Waals surface area contributed by atoms with E-state index >= 15 is 0 Å². The average molecular weight is 325 g/mol. The van der Waals surface area contributed by atoms with Gasteiger partial charge in [0.1, 0.15) is 0 Å². The summed E-state index contributed by atoms with van der Waals surface area (Å²) in [4.78, 5) is 26.1. The van der Waals surface area contributed by atoms with Crippen LogP contribution in [0, 0.1) is 12.8 Å². The molecular weight excluding hydrogens is 304 g/mol. The van der Waals surface area contributed by atoms with Crippen LogP contribution in [0.2, 0.25) is 5.02 Å². The van der Waals surface area contributed by atoms with Crippen LogP contribution >= 0.6 is 11.6 Å². The fourth-order valence-electron chi connectivity index (χ4n) is 2.63. The second kappa shape index (κ2) is 7.11. The summed E-state index contributed by atoms with van der Waals surface area (Å²) in [6.45, 7) is 4.71. The first kappa shape index (κ1) is 16.8. The Bertz CT molecular complexity index is 577. The lowest BCUT2D eigenvalue weighted by atomic mass is 10.1. The monoisotopic (exact) mass is 324 g/mol. The van der Waals surface area contributed by atoms with Gasteiger partial charge in [-0.25, -0.2) is 0 Å². The predicted molar refractivity (Wildman–Crippen MR) is 86.0 cm³/mol. The van der Waals surface area contributed by atoms with E-state index in [9.17, 15) is 9.59 Å². The number of rotatable bonds is 5. The topological polar surface area (TPSA) is 58.6 Å². The normalized spacial score (nSPS) is 19.4. The Hall–Kier alpha value is -1.59. The second-order valence-electron chi connectivity index (χ2n) is 5.70. The molecule has 0 unspecified atom stereocenters. The third-order valence-electron chi connectivity index (χ3n) is 3.93. The molecule has 1 aromatic carbocycles. The maximum Gasteiger partial charge on any atom is 0.229 e. The van der Waals surface area contributed by atoms with Crippen LogP contribution < -0.4 is 5.32 Å². The minimum atomic E-state index is -0.342. The van der Waals surface area contributed by atoms with E-state index in [1.165, 1.54) is 0 Å². The molecule has 1 saturated heterocycles. The van der Waals surface area contributed by atoms with Gasteiger partial charge in [-0.3, -0.25) is 9.59 Å². The van der Waals surface area contributed by atoms with Gasteiger partial charge in [0, 0.05) is 30.8 Å². The SMILES string of the molecule is COC[C@@H](C)N1C[C@@H](C(=O)Nc2cc(Cl)ccc2C)CC1=O. The van der Waals surface area contributed by atoms with Crippen molar-refractivity contribution in [2.75, 3.05) is 25.6 Å². The molecule has 2 rings (SSSR count). The van der Waals surface area contributed by atoms with Crippen LogP contribution in [0.3, 0.4) is 0 Å². The Labute approximate surface area is 135 Å². The lowest BCUT2D eigenvalue weighted by Crippen LogP contribution is -2.38. The summed E-state index contributed by atoms with van der Waals surface area (Å²) in [7, 11) is 1.60. The van der Waals surface area contributed by atoms with Crippen molar-refractivity contribution in [3.8, 4) is 0 Å².